The summed E-state index contributed by atoms with van der Waals surface area (Å²) < 4.78 is 21.9. The Morgan fingerprint density at radius 3 is 1.23 bits per heavy atom. The second kappa shape index (κ2) is 22.7. The van der Waals surface area contributed by atoms with Crippen LogP contribution in [0.4, 0.5) is 0 Å². The van der Waals surface area contributed by atoms with Gasteiger partial charge < -0.3 is 29.5 Å². The SMILES string of the molecule is CCCCCCCCCCCCCCCCCC(=O)[O-].O=P([O-])(O)OP(=O)(O)O.[Mg+2]. The number of hydrogen-bond donors (Lipinski definition) is 3. The van der Waals surface area contributed by atoms with Gasteiger partial charge >= 0.3 is 30.9 Å². The molecule has 0 aromatic heterocycles. The van der Waals surface area contributed by atoms with E-state index in [1.807, 2.05) is 0 Å². The maximum atomic E-state index is 10.2. The van der Waals surface area contributed by atoms with Crippen molar-refractivity contribution in [1.29, 1.82) is 0 Å². The third kappa shape index (κ3) is 39.0. The normalized spacial score (nSPS) is 13.0. The number of aliphatic carboxylic acids is 1. The van der Waals surface area contributed by atoms with Gasteiger partial charge in [-0.3, -0.25) is 4.57 Å². The topological polar surface area (TPSA) is 167 Å². The van der Waals surface area contributed by atoms with Crippen LogP contribution in [0.2, 0.25) is 0 Å². The Bertz CT molecular complexity index is 460. The molecule has 0 saturated carbocycles. The molecule has 30 heavy (non-hydrogen) atoms. The minimum atomic E-state index is -5.30. The van der Waals surface area contributed by atoms with E-state index in [0.717, 1.165) is 12.8 Å². The molecule has 0 bridgehead atoms. The van der Waals surface area contributed by atoms with E-state index in [4.69, 9.17) is 14.7 Å². The average molecular weight is 485 g/mol. The van der Waals surface area contributed by atoms with Gasteiger partial charge in [0.1, 0.15) is 0 Å². The standard InChI is InChI=1S/C18H36O2.Mg.H4O7P2/c1-2-3-4-5-6-7-8-9-10-11-12-13-14-15-16-17-18(19)20;;1-8(2,3)7-9(4,5)6/h2-17H2,1H3,(H,19,20);;(H2,1,2,3)(H2,4,5,6)/q;+2;/p-2. The summed E-state index contributed by atoms with van der Waals surface area (Å²) in [5.41, 5.74) is 0. The van der Waals surface area contributed by atoms with E-state index >= 15 is 0 Å². The third-order valence-corrected chi connectivity index (χ3v) is 5.87. The van der Waals surface area contributed by atoms with Gasteiger partial charge in [-0.1, -0.05) is 96.8 Å². The van der Waals surface area contributed by atoms with Gasteiger partial charge in [-0.05, 0) is 12.8 Å². The second-order valence-corrected chi connectivity index (χ2v) is 9.68. The minimum Gasteiger partial charge on any atom is -0.756 e. The Hall–Kier alpha value is 0.496. The zero-order chi connectivity index (χ0) is 22.6. The number of carboxylic acid groups (broad SMARTS) is 1. The van der Waals surface area contributed by atoms with Crippen molar-refractivity contribution in [3.63, 3.8) is 0 Å². The molecule has 0 radical (unpaired) electrons. The van der Waals surface area contributed by atoms with Crippen molar-refractivity contribution in [3.05, 3.63) is 0 Å². The summed E-state index contributed by atoms with van der Waals surface area (Å²) in [5.74, 6) is -0.903. The quantitative estimate of drug-likeness (QED) is 0.150. The maximum Gasteiger partial charge on any atom is 2.00 e. The van der Waals surface area contributed by atoms with Gasteiger partial charge in [0.05, 0.1) is 0 Å². The third-order valence-electron chi connectivity index (χ3n) is 4.19. The van der Waals surface area contributed by atoms with E-state index in [1.54, 1.807) is 0 Å². The van der Waals surface area contributed by atoms with Crippen LogP contribution in [-0.2, 0) is 18.2 Å². The summed E-state index contributed by atoms with van der Waals surface area (Å²) in [7, 11) is -10.4. The fourth-order valence-corrected chi connectivity index (χ4v) is 3.85. The molecule has 0 spiro atoms. The number of carboxylic acids is 1. The molecule has 3 N–H and O–H groups in total. The van der Waals surface area contributed by atoms with Crippen molar-refractivity contribution in [2.75, 3.05) is 0 Å². The summed E-state index contributed by atoms with van der Waals surface area (Å²) in [6.45, 7) is 2.27. The van der Waals surface area contributed by atoms with Crippen LogP contribution in [0.1, 0.15) is 110 Å². The average Bonchev–Trinajstić information content (AvgIpc) is 2.55. The molecule has 0 aromatic carbocycles. The van der Waals surface area contributed by atoms with Crippen LogP contribution in [0.15, 0.2) is 0 Å². The van der Waals surface area contributed by atoms with Crippen molar-refractivity contribution in [1.82, 2.24) is 0 Å². The van der Waals surface area contributed by atoms with E-state index in [-0.39, 0.29) is 29.5 Å². The monoisotopic (exact) mass is 484 g/mol. The predicted octanol–water partition coefficient (Wildman–Crippen LogP) is 3.17. The zero-order valence-corrected chi connectivity index (χ0v) is 21.4. The van der Waals surface area contributed by atoms with Gasteiger partial charge in [0.2, 0.25) is 0 Å². The summed E-state index contributed by atoms with van der Waals surface area (Å²) >= 11 is 0. The molecule has 0 amide bonds. The second-order valence-electron chi connectivity index (χ2n) is 7.11. The van der Waals surface area contributed by atoms with Crippen LogP contribution >= 0.6 is 15.6 Å². The largest absolute Gasteiger partial charge is 2.00 e. The van der Waals surface area contributed by atoms with Gasteiger partial charge in [-0.2, -0.15) is 0 Å². The fourth-order valence-electron chi connectivity index (χ4n) is 2.78. The number of carbonyl (C=O) groups excluding carboxylic acids is 1. The number of hydrogen-bond acceptors (Lipinski definition) is 6. The Morgan fingerprint density at radius 2 is 1.03 bits per heavy atom. The van der Waals surface area contributed by atoms with Gasteiger partial charge in [0.15, 0.2) is 0 Å². The first-order valence-corrected chi connectivity index (χ1v) is 13.5. The van der Waals surface area contributed by atoms with Gasteiger partial charge in [0, 0.05) is 5.97 Å². The molecule has 0 aliphatic carbocycles. The fraction of sp³-hybridized carbons (Fsp3) is 0.944. The summed E-state index contributed by atoms with van der Waals surface area (Å²) in [6.07, 6.45) is 19.9. The molecule has 1 unspecified atom stereocenters. The number of rotatable bonds is 18. The Kier molecular flexibility index (Phi) is 26.5. The van der Waals surface area contributed by atoms with E-state index in [1.165, 1.54) is 83.5 Å². The molecule has 0 aliphatic rings. The Balaban J connectivity index is -0.000000616. The van der Waals surface area contributed by atoms with Crippen LogP contribution in [-0.4, -0.2) is 43.7 Å². The predicted molar refractivity (Wildman–Crippen MR) is 113 cm³/mol. The van der Waals surface area contributed by atoms with E-state index < -0.39 is 21.6 Å². The summed E-state index contributed by atoms with van der Waals surface area (Å²) in [5, 5.41) is 10.2. The molecule has 0 fully saturated rings. The van der Waals surface area contributed by atoms with E-state index in [0.29, 0.717) is 0 Å². The Morgan fingerprint density at radius 1 is 0.733 bits per heavy atom. The molecule has 0 aromatic rings. The molecule has 0 heterocycles. The number of carbonyl (C=O) groups is 1. The first kappa shape index (κ1) is 35.1. The molecule has 0 saturated heterocycles. The molecule has 0 rings (SSSR count). The van der Waals surface area contributed by atoms with Crippen LogP contribution in [0.3, 0.4) is 0 Å². The van der Waals surface area contributed by atoms with Gasteiger partial charge in [0.25, 0.3) is 7.82 Å². The molecule has 9 nitrogen and oxygen atoms in total. The zero-order valence-electron chi connectivity index (χ0n) is 18.2. The molecular formula is C18H38MgO9P2. The number of unbranched alkanes of at least 4 members (excludes halogenated alkanes) is 14. The van der Waals surface area contributed by atoms with Crippen LogP contribution in [0.25, 0.3) is 0 Å². The van der Waals surface area contributed by atoms with Crippen molar-refractivity contribution < 1.29 is 42.9 Å². The summed E-state index contributed by atoms with van der Waals surface area (Å²) in [4.78, 5) is 42.8. The molecular weight excluding hydrogens is 446 g/mol. The molecule has 176 valence electrons. The molecule has 0 aliphatic heterocycles. The first-order valence-electron chi connectivity index (χ1n) is 10.5. The minimum absolute atomic E-state index is 0. The molecule has 12 heteroatoms. The number of phosphoric acid groups is 2. The molecule has 1 atom stereocenters. The van der Waals surface area contributed by atoms with Gasteiger partial charge in [-0.25, -0.2) is 8.88 Å². The Labute approximate surface area is 197 Å². The van der Waals surface area contributed by atoms with E-state index in [2.05, 4.69) is 11.2 Å². The van der Waals surface area contributed by atoms with Gasteiger partial charge in [-0.15, -0.1) is 0 Å². The smallest absolute Gasteiger partial charge is 0.756 e. The van der Waals surface area contributed by atoms with Crippen molar-refractivity contribution in [3.8, 4) is 0 Å². The van der Waals surface area contributed by atoms with Crippen LogP contribution < -0.4 is 10.00 Å². The first-order chi connectivity index (χ1) is 13.5. The van der Waals surface area contributed by atoms with Crippen molar-refractivity contribution >= 4 is 44.7 Å². The maximum absolute atomic E-state index is 10.2. The van der Waals surface area contributed by atoms with Crippen LogP contribution in [0.5, 0.6) is 0 Å². The van der Waals surface area contributed by atoms with Crippen molar-refractivity contribution in [2.45, 2.75) is 110 Å². The van der Waals surface area contributed by atoms with Crippen molar-refractivity contribution in [2.24, 2.45) is 0 Å². The summed E-state index contributed by atoms with van der Waals surface area (Å²) in [6, 6.07) is 0. The van der Waals surface area contributed by atoms with Crippen LogP contribution in [0, 0.1) is 0 Å². The van der Waals surface area contributed by atoms with E-state index in [9.17, 15) is 23.9 Å².